The summed E-state index contributed by atoms with van der Waals surface area (Å²) in [6.45, 7) is 0. The van der Waals surface area contributed by atoms with Crippen LogP contribution < -0.4 is 10.9 Å². The van der Waals surface area contributed by atoms with Gasteiger partial charge < -0.3 is 5.11 Å². The van der Waals surface area contributed by atoms with E-state index < -0.39 is 0 Å². The van der Waals surface area contributed by atoms with Crippen molar-refractivity contribution in [1.29, 1.82) is 0 Å². The summed E-state index contributed by atoms with van der Waals surface area (Å²) in [7, 11) is 0. The lowest BCUT2D eigenvalue weighted by Gasteiger charge is -2.08. The summed E-state index contributed by atoms with van der Waals surface area (Å²) in [4.78, 5) is 16.0. The van der Waals surface area contributed by atoms with Gasteiger partial charge >= 0.3 is 6.01 Å². The van der Waals surface area contributed by atoms with Gasteiger partial charge in [-0.25, -0.2) is 0 Å². The topological polar surface area (TPSA) is 95.9 Å². The fourth-order valence-electron chi connectivity index (χ4n) is 1.68. The number of hydrogen-bond acceptors (Lipinski definition) is 7. The minimum absolute atomic E-state index is 0.201. The molecule has 104 valence electrons. The van der Waals surface area contributed by atoms with Crippen LogP contribution in [0.3, 0.4) is 0 Å². The number of nitrogens with one attached hydrogen (secondary N) is 2. The third-order valence-electron chi connectivity index (χ3n) is 2.61. The van der Waals surface area contributed by atoms with Crippen LogP contribution in [-0.4, -0.2) is 25.0 Å². The predicted molar refractivity (Wildman–Crippen MR) is 78.4 cm³/mol. The first-order chi connectivity index (χ1) is 10.3. The first kappa shape index (κ1) is 12.8. The van der Waals surface area contributed by atoms with Gasteiger partial charge in [0.1, 0.15) is 5.69 Å². The average Bonchev–Trinajstić information content (AvgIpc) is 2.54. The molecule has 0 saturated heterocycles. The number of pyridine rings is 1. The molecule has 3 N–H and O–H groups in total. The lowest BCUT2D eigenvalue weighted by atomic mass is 10.3. The zero-order valence-electron chi connectivity index (χ0n) is 10.9. The largest absolute Gasteiger partial charge is 0.479 e. The first-order valence-corrected chi connectivity index (χ1v) is 6.25. The number of hydrogen-bond donors (Lipinski definition) is 3. The molecule has 7 heteroatoms. The Balaban J connectivity index is 1.82. The zero-order valence-corrected chi connectivity index (χ0v) is 10.9. The fraction of sp³-hybridized carbons (Fsp3) is 0. The van der Waals surface area contributed by atoms with Gasteiger partial charge in [0.15, 0.2) is 5.82 Å². The molecule has 0 amide bonds. The van der Waals surface area contributed by atoms with Crippen molar-refractivity contribution >= 4 is 11.6 Å². The highest BCUT2D eigenvalue weighted by Crippen LogP contribution is 2.15. The van der Waals surface area contributed by atoms with Crippen molar-refractivity contribution in [2.45, 2.75) is 0 Å². The summed E-state index contributed by atoms with van der Waals surface area (Å²) >= 11 is 0. The van der Waals surface area contributed by atoms with Gasteiger partial charge in [0, 0.05) is 6.20 Å². The van der Waals surface area contributed by atoms with E-state index in [1.807, 2.05) is 36.4 Å². The number of benzene rings is 1. The summed E-state index contributed by atoms with van der Waals surface area (Å²) < 4.78 is 0. The lowest BCUT2D eigenvalue weighted by molar-refractivity contribution is 0.430. The molecule has 0 aliphatic heterocycles. The van der Waals surface area contributed by atoms with E-state index in [4.69, 9.17) is 0 Å². The zero-order chi connectivity index (χ0) is 14.5. The van der Waals surface area contributed by atoms with Crippen molar-refractivity contribution in [1.82, 2.24) is 19.9 Å². The van der Waals surface area contributed by atoms with Gasteiger partial charge in [-0.2, -0.15) is 15.0 Å². The monoisotopic (exact) mass is 280 g/mol. The van der Waals surface area contributed by atoms with Crippen molar-refractivity contribution in [2.24, 2.45) is 0 Å². The van der Waals surface area contributed by atoms with E-state index >= 15 is 0 Å². The summed E-state index contributed by atoms with van der Waals surface area (Å²) in [5.74, 6) is 0.493. The third-order valence-corrected chi connectivity index (χ3v) is 2.61. The van der Waals surface area contributed by atoms with Crippen molar-refractivity contribution in [3.8, 4) is 17.5 Å². The quantitative estimate of drug-likeness (QED) is 0.629. The maximum absolute atomic E-state index is 9.59. The van der Waals surface area contributed by atoms with Gasteiger partial charge in [-0.15, -0.1) is 0 Å². The number of anilines is 2. The van der Waals surface area contributed by atoms with Crippen LogP contribution in [0.2, 0.25) is 0 Å². The van der Waals surface area contributed by atoms with Crippen molar-refractivity contribution in [2.75, 3.05) is 10.9 Å². The van der Waals surface area contributed by atoms with E-state index in [0.717, 1.165) is 5.69 Å². The van der Waals surface area contributed by atoms with Gasteiger partial charge in [-0.05, 0) is 24.3 Å². The van der Waals surface area contributed by atoms with Crippen LogP contribution in [0.1, 0.15) is 0 Å². The number of aromatic nitrogens is 4. The molecule has 0 saturated carbocycles. The van der Waals surface area contributed by atoms with Gasteiger partial charge in [-0.3, -0.25) is 15.8 Å². The molecular formula is C14H12N6O. The smallest absolute Gasteiger partial charge is 0.319 e. The van der Waals surface area contributed by atoms with Gasteiger partial charge in [0.2, 0.25) is 5.95 Å². The Morgan fingerprint density at radius 3 is 2.38 bits per heavy atom. The van der Waals surface area contributed by atoms with E-state index in [1.165, 1.54) is 0 Å². The molecule has 0 atom stereocenters. The Kier molecular flexibility index (Phi) is 3.55. The summed E-state index contributed by atoms with van der Waals surface area (Å²) in [5.41, 5.74) is 7.14. The molecule has 0 fully saturated rings. The van der Waals surface area contributed by atoms with E-state index in [2.05, 4.69) is 30.8 Å². The highest BCUT2D eigenvalue weighted by molar-refractivity contribution is 5.52. The molecule has 1 aromatic carbocycles. The Labute approximate surface area is 120 Å². The number of para-hydroxylation sites is 1. The maximum atomic E-state index is 9.59. The number of rotatable bonds is 4. The highest BCUT2D eigenvalue weighted by atomic mass is 16.3. The first-order valence-electron chi connectivity index (χ1n) is 6.25. The lowest BCUT2D eigenvalue weighted by Crippen LogP contribution is -2.12. The molecule has 0 radical (unpaired) electrons. The van der Waals surface area contributed by atoms with Crippen molar-refractivity contribution in [3.05, 3.63) is 54.7 Å². The fourth-order valence-corrected chi connectivity index (χ4v) is 1.68. The molecule has 21 heavy (non-hydrogen) atoms. The van der Waals surface area contributed by atoms with E-state index in [-0.39, 0.29) is 12.0 Å². The molecule has 0 bridgehead atoms. The minimum atomic E-state index is -0.372. The molecule has 3 rings (SSSR count). The number of nitrogens with zero attached hydrogens (tertiary/aromatic N) is 4. The molecule has 0 aliphatic rings. The standard InChI is InChI=1S/C14H12N6O/c21-14-17-12(11-8-4-5-9-15-11)16-13(18-14)20-19-10-6-2-1-3-7-10/h1-9,19H,(H2,16,17,18,20,21). The van der Waals surface area contributed by atoms with Crippen LogP contribution in [0.4, 0.5) is 11.6 Å². The van der Waals surface area contributed by atoms with Crippen LogP contribution in [0.5, 0.6) is 6.01 Å². The van der Waals surface area contributed by atoms with Crippen molar-refractivity contribution in [3.63, 3.8) is 0 Å². The van der Waals surface area contributed by atoms with Crippen molar-refractivity contribution < 1.29 is 5.11 Å². The van der Waals surface area contributed by atoms with Crippen LogP contribution in [0.15, 0.2) is 54.7 Å². The van der Waals surface area contributed by atoms with E-state index in [9.17, 15) is 5.11 Å². The number of aromatic hydroxyl groups is 1. The predicted octanol–water partition coefficient (Wildman–Crippen LogP) is 2.08. The third kappa shape index (κ3) is 3.21. The molecule has 2 aromatic heterocycles. The normalized spacial score (nSPS) is 10.1. The van der Waals surface area contributed by atoms with Gasteiger partial charge in [0.05, 0.1) is 5.69 Å². The van der Waals surface area contributed by atoms with Crippen LogP contribution >= 0.6 is 0 Å². The van der Waals surface area contributed by atoms with E-state index in [0.29, 0.717) is 11.5 Å². The van der Waals surface area contributed by atoms with Gasteiger partial charge in [0.25, 0.3) is 0 Å². The maximum Gasteiger partial charge on any atom is 0.319 e. The van der Waals surface area contributed by atoms with Crippen LogP contribution in [-0.2, 0) is 0 Å². The van der Waals surface area contributed by atoms with Crippen LogP contribution in [0, 0.1) is 0 Å². The molecule has 0 spiro atoms. The summed E-state index contributed by atoms with van der Waals surface area (Å²) in [6.07, 6.45) is 1.63. The second-order valence-electron chi connectivity index (χ2n) is 4.11. The highest BCUT2D eigenvalue weighted by Gasteiger charge is 2.08. The molecule has 0 aliphatic carbocycles. The number of hydrazine groups is 1. The summed E-state index contributed by atoms with van der Waals surface area (Å²) in [5, 5.41) is 9.59. The minimum Gasteiger partial charge on any atom is -0.479 e. The Morgan fingerprint density at radius 1 is 0.810 bits per heavy atom. The van der Waals surface area contributed by atoms with E-state index in [1.54, 1.807) is 18.3 Å². The van der Waals surface area contributed by atoms with Gasteiger partial charge in [-0.1, -0.05) is 24.3 Å². The second kappa shape index (κ2) is 5.83. The molecular weight excluding hydrogens is 268 g/mol. The molecule has 2 heterocycles. The SMILES string of the molecule is Oc1nc(NNc2ccccc2)nc(-c2ccccn2)n1. The molecule has 0 unspecified atom stereocenters. The Bertz CT molecular complexity index is 720. The molecule has 3 aromatic rings. The molecule has 7 nitrogen and oxygen atoms in total. The summed E-state index contributed by atoms with van der Waals surface area (Å²) in [6, 6.07) is 14.5. The Morgan fingerprint density at radius 2 is 1.62 bits per heavy atom. The second-order valence-corrected chi connectivity index (χ2v) is 4.11. The Hall–Kier alpha value is -3.22. The van der Waals surface area contributed by atoms with Crippen LogP contribution in [0.25, 0.3) is 11.5 Å². The average molecular weight is 280 g/mol.